The second-order valence-corrected chi connectivity index (χ2v) is 8.39. The van der Waals surface area contributed by atoms with Crippen LogP contribution in [0.5, 0.6) is 0 Å². The van der Waals surface area contributed by atoms with Crippen LogP contribution in [0, 0.1) is 17.8 Å². The topological polar surface area (TPSA) is 15.3 Å². The molecule has 0 spiro atoms. The van der Waals surface area contributed by atoms with Crippen molar-refractivity contribution in [2.75, 3.05) is 19.6 Å². The highest BCUT2D eigenvalue weighted by molar-refractivity contribution is 4.90. The van der Waals surface area contributed by atoms with Gasteiger partial charge in [0.05, 0.1) is 0 Å². The first kappa shape index (κ1) is 15.8. The van der Waals surface area contributed by atoms with Gasteiger partial charge in [-0.05, 0) is 56.4 Å². The molecule has 2 nitrogen and oxygen atoms in total. The van der Waals surface area contributed by atoms with Crippen molar-refractivity contribution in [3.8, 4) is 0 Å². The van der Waals surface area contributed by atoms with Crippen molar-refractivity contribution in [3.05, 3.63) is 0 Å². The molecule has 3 fully saturated rings. The van der Waals surface area contributed by atoms with Crippen LogP contribution in [0.1, 0.15) is 71.6 Å². The van der Waals surface area contributed by atoms with Gasteiger partial charge in [0.2, 0.25) is 0 Å². The molecular weight excluding hydrogens is 256 g/mol. The van der Waals surface area contributed by atoms with Gasteiger partial charge in [-0.2, -0.15) is 0 Å². The van der Waals surface area contributed by atoms with Crippen molar-refractivity contribution >= 4 is 0 Å². The van der Waals surface area contributed by atoms with E-state index in [0.717, 1.165) is 29.8 Å². The molecule has 1 saturated heterocycles. The van der Waals surface area contributed by atoms with E-state index in [0.29, 0.717) is 0 Å². The monoisotopic (exact) mass is 292 g/mol. The predicted molar refractivity (Wildman–Crippen MR) is 90.5 cm³/mol. The minimum atomic E-state index is 0.757. The van der Waals surface area contributed by atoms with Crippen molar-refractivity contribution in [2.45, 2.75) is 83.7 Å². The average molecular weight is 293 g/mol. The summed E-state index contributed by atoms with van der Waals surface area (Å²) in [5, 5.41) is 3.96. The summed E-state index contributed by atoms with van der Waals surface area (Å²) < 4.78 is 0. The molecule has 2 aliphatic carbocycles. The van der Waals surface area contributed by atoms with E-state index in [4.69, 9.17) is 0 Å². The minimum Gasteiger partial charge on any atom is -0.312 e. The molecule has 21 heavy (non-hydrogen) atoms. The van der Waals surface area contributed by atoms with E-state index in [1.54, 1.807) is 0 Å². The van der Waals surface area contributed by atoms with Crippen LogP contribution in [0.3, 0.4) is 0 Å². The molecule has 3 aliphatic rings. The molecule has 1 N–H and O–H groups in total. The normalized spacial score (nSPS) is 33.3. The zero-order valence-corrected chi connectivity index (χ0v) is 14.3. The highest BCUT2D eigenvalue weighted by Crippen LogP contribution is 2.31. The van der Waals surface area contributed by atoms with Crippen molar-refractivity contribution in [3.63, 3.8) is 0 Å². The standard InChI is InChI=1S/C19H36N2/c1-15(2)17-11-18(20-12-16-7-3-4-8-16)14-21(13-17)19-9-5-6-10-19/h15-20H,3-14H2,1-2H3. The first-order valence-electron chi connectivity index (χ1n) is 9.70. The molecule has 0 radical (unpaired) electrons. The zero-order valence-electron chi connectivity index (χ0n) is 14.3. The van der Waals surface area contributed by atoms with Gasteiger partial charge in [0.15, 0.2) is 0 Å². The highest BCUT2D eigenvalue weighted by atomic mass is 15.2. The Kier molecular flexibility index (Phi) is 5.61. The number of likely N-dealkylation sites (tertiary alicyclic amines) is 1. The molecule has 3 rings (SSSR count). The maximum absolute atomic E-state index is 3.96. The number of nitrogens with zero attached hydrogens (tertiary/aromatic N) is 1. The van der Waals surface area contributed by atoms with Crippen LogP contribution < -0.4 is 5.32 Å². The van der Waals surface area contributed by atoms with E-state index in [9.17, 15) is 0 Å². The van der Waals surface area contributed by atoms with Gasteiger partial charge in [-0.15, -0.1) is 0 Å². The molecule has 1 aliphatic heterocycles. The van der Waals surface area contributed by atoms with Crippen molar-refractivity contribution in [1.29, 1.82) is 0 Å². The Bertz CT molecular complexity index is 303. The van der Waals surface area contributed by atoms with Gasteiger partial charge < -0.3 is 5.32 Å². The smallest absolute Gasteiger partial charge is 0.0198 e. The van der Waals surface area contributed by atoms with E-state index in [-0.39, 0.29) is 0 Å². The lowest BCUT2D eigenvalue weighted by molar-refractivity contribution is 0.0787. The first-order chi connectivity index (χ1) is 10.2. The number of hydrogen-bond donors (Lipinski definition) is 1. The molecule has 1 heterocycles. The lowest BCUT2D eigenvalue weighted by Gasteiger charge is -2.43. The van der Waals surface area contributed by atoms with Gasteiger partial charge in [0.1, 0.15) is 0 Å². The van der Waals surface area contributed by atoms with E-state index in [1.165, 1.54) is 77.4 Å². The number of nitrogens with one attached hydrogen (secondary N) is 1. The summed E-state index contributed by atoms with van der Waals surface area (Å²) in [4.78, 5) is 2.85. The third-order valence-electron chi connectivity index (χ3n) is 6.47. The Morgan fingerprint density at radius 3 is 2.29 bits per heavy atom. The third kappa shape index (κ3) is 4.22. The summed E-state index contributed by atoms with van der Waals surface area (Å²) in [7, 11) is 0. The fourth-order valence-electron chi connectivity index (χ4n) is 4.92. The first-order valence-corrected chi connectivity index (χ1v) is 9.70. The van der Waals surface area contributed by atoms with Crippen LogP contribution in [-0.4, -0.2) is 36.6 Å². The molecule has 0 bridgehead atoms. The molecule has 122 valence electrons. The molecule has 0 aromatic heterocycles. The molecule has 0 aromatic carbocycles. The van der Waals surface area contributed by atoms with Crippen molar-refractivity contribution < 1.29 is 0 Å². The van der Waals surface area contributed by atoms with Gasteiger partial charge in [-0.25, -0.2) is 0 Å². The molecule has 2 atom stereocenters. The zero-order chi connectivity index (χ0) is 14.7. The number of hydrogen-bond acceptors (Lipinski definition) is 2. The van der Waals surface area contributed by atoms with Gasteiger partial charge in [0.25, 0.3) is 0 Å². The van der Waals surface area contributed by atoms with Gasteiger partial charge >= 0.3 is 0 Å². The Balaban J connectivity index is 1.53. The summed E-state index contributed by atoms with van der Waals surface area (Å²) in [5.41, 5.74) is 0. The molecule has 2 unspecified atom stereocenters. The lowest BCUT2D eigenvalue weighted by atomic mass is 9.84. The maximum atomic E-state index is 3.96. The average Bonchev–Trinajstić information content (AvgIpc) is 3.18. The van der Waals surface area contributed by atoms with Crippen LogP contribution in [0.2, 0.25) is 0 Å². The maximum Gasteiger partial charge on any atom is 0.0198 e. The van der Waals surface area contributed by atoms with Gasteiger partial charge in [-0.1, -0.05) is 39.5 Å². The highest BCUT2D eigenvalue weighted by Gasteiger charge is 2.33. The van der Waals surface area contributed by atoms with Gasteiger partial charge in [-0.3, -0.25) is 4.90 Å². The van der Waals surface area contributed by atoms with Crippen LogP contribution in [0.4, 0.5) is 0 Å². The molecule has 2 saturated carbocycles. The Morgan fingerprint density at radius 1 is 0.952 bits per heavy atom. The Morgan fingerprint density at radius 2 is 1.62 bits per heavy atom. The molecule has 0 amide bonds. The van der Waals surface area contributed by atoms with Crippen molar-refractivity contribution in [1.82, 2.24) is 10.2 Å². The van der Waals surface area contributed by atoms with Crippen LogP contribution in [0.25, 0.3) is 0 Å². The van der Waals surface area contributed by atoms with E-state index in [2.05, 4.69) is 24.1 Å². The summed E-state index contributed by atoms with van der Waals surface area (Å²) in [5.74, 6) is 2.72. The second-order valence-electron chi connectivity index (χ2n) is 8.39. The molecular formula is C19H36N2. The molecule has 0 aromatic rings. The number of rotatable bonds is 5. The lowest BCUT2D eigenvalue weighted by Crippen LogP contribution is -2.53. The quantitative estimate of drug-likeness (QED) is 0.822. The fraction of sp³-hybridized carbons (Fsp3) is 1.00. The number of piperidine rings is 1. The van der Waals surface area contributed by atoms with E-state index >= 15 is 0 Å². The molecule has 2 heteroatoms. The van der Waals surface area contributed by atoms with Crippen molar-refractivity contribution in [2.24, 2.45) is 17.8 Å². The van der Waals surface area contributed by atoms with E-state index < -0.39 is 0 Å². The Labute approximate surface area is 132 Å². The van der Waals surface area contributed by atoms with E-state index in [1.807, 2.05) is 0 Å². The summed E-state index contributed by atoms with van der Waals surface area (Å²) in [6, 6.07) is 1.66. The second kappa shape index (κ2) is 7.46. The van der Waals surface area contributed by atoms with Crippen LogP contribution in [-0.2, 0) is 0 Å². The minimum absolute atomic E-state index is 0.757. The van der Waals surface area contributed by atoms with Gasteiger partial charge in [0, 0.05) is 25.2 Å². The Hall–Kier alpha value is -0.0800. The third-order valence-corrected chi connectivity index (χ3v) is 6.47. The predicted octanol–water partition coefficient (Wildman–Crippen LogP) is 4.06. The largest absolute Gasteiger partial charge is 0.312 e. The summed E-state index contributed by atoms with van der Waals surface area (Å²) >= 11 is 0. The fourth-order valence-corrected chi connectivity index (χ4v) is 4.92. The van der Waals surface area contributed by atoms with Crippen LogP contribution >= 0.6 is 0 Å². The summed E-state index contributed by atoms with van der Waals surface area (Å²) in [6.45, 7) is 8.83. The summed E-state index contributed by atoms with van der Waals surface area (Å²) in [6.07, 6.45) is 13.1. The SMILES string of the molecule is CC(C)C1CC(NCC2CCCC2)CN(C2CCCC2)C1. The van der Waals surface area contributed by atoms with Crippen LogP contribution in [0.15, 0.2) is 0 Å².